The fourth-order valence-electron chi connectivity index (χ4n) is 1.73. The minimum Gasteiger partial charge on any atom is -0.481 e. The zero-order valence-electron chi connectivity index (χ0n) is 11.1. The van der Waals surface area contributed by atoms with Crippen molar-refractivity contribution in [2.24, 2.45) is 0 Å². The molecule has 1 atom stereocenters. The maximum atomic E-state index is 10.4. The van der Waals surface area contributed by atoms with Gasteiger partial charge in [-0.2, -0.15) is 0 Å². The number of aliphatic hydroxyl groups excluding tert-OH is 1. The predicted molar refractivity (Wildman–Crippen MR) is 71.7 cm³/mol. The molecule has 0 radical (unpaired) electrons. The highest BCUT2D eigenvalue weighted by Crippen LogP contribution is 2.10. The monoisotopic (exact) mass is 267 g/mol. The van der Waals surface area contributed by atoms with Gasteiger partial charge in [-0.25, -0.2) is 0 Å². The van der Waals surface area contributed by atoms with Crippen LogP contribution < -0.4 is 5.32 Å². The Balaban J connectivity index is 2.41. The molecule has 1 aromatic carbocycles. The van der Waals surface area contributed by atoms with E-state index in [0.29, 0.717) is 19.8 Å². The number of ether oxygens (including phenoxy) is 1. The third kappa shape index (κ3) is 6.33. The first-order chi connectivity index (χ1) is 9.13. The molecule has 0 bridgehead atoms. The van der Waals surface area contributed by atoms with Crippen molar-refractivity contribution in [1.82, 2.24) is 5.32 Å². The van der Waals surface area contributed by atoms with Crippen LogP contribution in [0.2, 0.25) is 0 Å². The second kappa shape index (κ2) is 8.63. The molecule has 0 amide bonds. The van der Waals surface area contributed by atoms with E-state index in [1.807, 2.05) is 31.2 Å². The van der Waals surface area contributed by atoms with Crippen molar-refractivity contribution < 1.29 is 19.7 Å². The summed E-state index contributed by atoms with van der Waals surface area (Å²) in [5.41, 5.74) is 2.20. The van der Waals surface area contributed by atoms with Gasteiger partial charge >= 0.3 is 5.97 Å². The minimum absolute atomic E-state index is 0.242. The van der Waals surface area contributed by atoms with Crippen LogP contribution in [0.15, 0.2) is 24.3 Å². The minimum atomic E-state index is -0.994. The van der Waals surface area contributed by atoms with Crippen LogP contribution in [-0.4, -0.2) is 35.4 Å². The van der Waals surface area contributed by atoms with Crippen LogP contribution in [0.4, 0.5) is 0 Å². The van der Waals surface area contributed by atoms with Crippen LogP contribution in [0.25, 0.3) is 0 Å². The fourth-order valence-corrected chi connectivity index (χ4v) is 1.73. The summed E-state index contributed by atoms with van der Waals surface area (Å²) in [6.07, 6.45) is -1.11. The zero-order chi connectivity index (χ0) is 14.1. The highest BCUT2D eigenvalue weighted by Gasteiger charge is 2.09. The molecule has 5 heteroatoms. The summed E-state index contributed by atoms with van der Waals surface area (Å²) in [5, 5.41) is 21.0. The van der Waals surface area contributed by atoms with Crippen LogP contribution in [0.1, 0.15) is 24.5 Å². The summed E-state index contributed by atoms with van der Waals surface area (Å²) in [7, 11) is 0. The molecule has 0 saturated heterocycles. The maximum Gasteiger partial charge on any atom is 0.306 e. The van der Waals surface area contributed by atoms with Gasteiger partial charge in [-0.3, -0.25) is 4.79 Å². The lowest BCUT2D eigenvalue weighted by atomic mass is 10.1. The first-order valence-electron chi connectivity index (χ1n) is 6.38. The van der Waals surface area contributed by atoms with Crippen LogP contribution in [0.3, 0.4) is 0 Å². The lowest BCUT2D eigenvalue weighted by Crippen LogP contribution is -2.28. The molecule has 0 fully saturated rings. The molecular formula is C14H21NO4. The summed E-state index contributed by atoms with van der Waals surface area (Å²) < 4.78 is 5.39. The maximum absolute atomic E-state index is 10.4. The quantitative estimate of drug-likeness (QED) is 0.625. The Labute approximate surface area is 113 Å². The molecule has 0 heterocycles. The molecule has 0 saturated carbocycles. The normalized spacial score (nSPS) is 12.3. The summed E-state index contributed by atoms with van der Waals surface area (Å²) >= 11 is 0. The van der Waals surface area contributed by atoms with Gasteiger partial charge in [-0.05, 0) is 18.1 Å². The van der Waals surface area contributed by atoms with E-state index in [-0.39, 0.29) is 13.0 Å². The predicted octanol–water partition coefficient (Wildman–Crippen LogP) is 1.15. The Morgan fingerprint density at radius 3 is 2.68 bits per heavy atom. The zero-order valence-corrected chi connectivity index (χ0v) is 11.1. The molecule has 0 aliphatic carbocycles. The first-order valence-corrected chi connectivity index (χ1v) is 6.38. The van der Waals surface area contributed by atoms with E-state index in [1.54, 1.807) is 0 Å². The highest BCUT2D eigenvalue weighted by molar-refractivity contribution is 5.67. The highest BCUT2D eigenvalue weighted by atomic mass is 16.5. The van der Waals surface area contributed by atoms with Crippen molar-refractivity contribution in [2.75, 3.05) is 13.2 Å². The largest absolute Gasteiger partial charge is 0.481 e. The average molecular weight is 267 g/mol. The van der Waals surface area contributed by atoms with Gasteiger partial charge in [0.1, 0.15) is 0 Å². The van der Waals surface area contributed by atoms with E-state index in [2.05, 4.69) is 5.32 Å². The Hall–Kier alpha value is -1.43. The van der Waals surface area contributed by atoms with Gasteiger partial charge in [-0.15, -0.1) is 0 Å². The molecule has 1 rings (SSSR count). The number of rotatable bonds is 9. The number of benzene rings is 1. The summed E-state index contributed by atoms with van der Waals surface area (Å²) in [6.45, 7) is 4.02. The second-order valence-corrected chi connectivity index (χ2v) is 4.29. The van der Waals surface area contributed by atoms with Gasteiger partial charge in [0.05, 0.1) is 19.1 Å². The van der Waals surface area contributed by atoms with E-state index >= 15 is 0 Å². The lowest BCUT2D eigenvalue weighted by molar-refractivity contribution is -0.139. The Morgan fingerprint density at radius 2 is 2.05 bits per heavy atom. The molecule has 3 N–H and O–H groups in total. The number of hydrogen-bond acceptors (Lipinski definition) is 4. The van der Waals surface area contributed by atoms with Crippen LogP contribution in [0.5, 0.6) is 0 Å². The van der Waals surface area contributed by atoms with Gasteiger partial charge in [-0.1, -0.05) is 24.3 Å². The average Bonchev–Trinajstić information content (AvgIpc) is 2.36. The number of nitrogens with one attached hydrogen (secondary N) is 1. The fraction of sp³-hybridized carbons (Fsp3) is 0.500. The third-order valence-electron chi connectivity index (χ3n) is 2.69. The van der Waals surface area contributed by atoms with Gasteiger partial charge in [0.15, 0.2) is 0 Å². The van der Waals surface area contributed by atoms with E-state index in [1.165, 1.54) is 0 Å². The molecule has 0 aromatic heterocycles. The summed E-state index contributed by atoms with van der Waals surface area (Å²) in [4.78, 5) is 10.4. The van der Waals surface area contributed by atoms with Crippen molar-refractivity contribution >= 4 is 5.97 Å². The summed E-state index contributed by atoms with van der Waals surface area (Å²) in [5.74, 6) is -0.994. The molecule has 1 aromatic rings. The Kier molecular flexibility index (Phi) is 7.10. The molecule has 0 aliphatic heterocycles. The molecule has 106 valence electrons. The van der Waals surface area contributed by atoms with Gasteiger partial charge < -0.3 is 20.3 Å². The Morgan fingerprint density at radius 1 is 1.37 bits per heavy atom. The van der Waals surface area contributed by atoms with Crippen molar-refractivity contribution in [3.63, 3.8) is 0 Å². The van der Waals surface area contributed by atoms with Gasteiger partial charge in [0.25, 0.3) is 0 Å². The van der Waals surface area contributed by atoms with E-state index in [4.69, 9.17) is 9.84 Å². The number of carboxylic acid groups (broad SMARTS) is 1. The molecule has 5 nitrogen and oxygen atoms in total. The van der Waals surface area contributed by atoms with Crippen LogP contribution >= 0.6 is 0 Å². The van der Waals surface area contributed by atoms with E-state index in [9.17, 15) is 9.90 Å². The number of carbonyl (C=O) groups is 1. The van der Waals surface area contributed by atoms with Crippen LogP contribution in [0, 0.1) is 0 Å². The molecular weight excluding hydrogens is 246 g/mol. The molecule has 0 spiro atoms. The number of carboxylic acids is 1. The second-order valence-electron chi connectivity index (χ2n) is 4.29. The Bertz CT molecular complexity index is 395. The first kappa shape index (κ1) is 15.6. The van der Waals surface area contributed by atoms with Crippen molar-refractivity contribution in [3.05, 3.63) is 35.4 Å². The molecule has 1 unspecified atom stereocenters. The number of aliphatic carboxylic acids is 1. The van der Waals surface area contributed by atoms with Crippen LogP contribution in [-0.2, 0) is 22.7 Å². The smallest absolute Gasteiger partial charge is 0.306 e. The number of hydrogen-bond donors (Lipinski definition) is 3. The van der Waals surface area contributed by atoms with Gasteiger partial charge in [0.2, 0.25) is 0 Å². The van der Waals surface area contributed by atoms with E-state index < -0.39 is 12.1 Å². The van der Waals surface area contributed by atoms with Crippen molar-refractivity contribution in [1.29, 1.82) is 0 Å². The molecule has 0 aliphatic rings. The topological polar surface area (TPSA) is 78.8 Å². The SMILES string of the molecule is CCOCc1ccccc1CNCC(O)CC(=O)O. The van der Waals surface area contributed by atoms with Crippen molar-refractivity contribution in [3.8, 4) is 0 Å². The third-order valence-corrected chi connectivity index (χ3v) is 2.69. The number of aliphatic hydroxyl groups is 1. The van der Waals surface area contributed by atoms with E-state index in [0.717, 1.165) is 11.1 Å². The molecule has 19 heavy (non-hydrogen) atoms. The van der Waals surface area contributed by atoms with Crippen molar-refractivity contribution in [2.45, 2.75) is 32.6 Å². The summed E-state index contributed by atoms with van der Waals surface area (Å²) in [6, 6.07) is 7.89. The lowest BCUT2D eigenvalue weighted by Gasteiger charge is -2.12. The van der Waals surface area contributed by atoms with Gasteiger partial charge in [0, 0.05) is 19.7 Å². The standard InChI is InChI=1S/C14H21NO4/c1-2-19-10-12-6-4-3-5-11(12)8-15-9-13(16)7-14(17)18/h3-6,13,15-16H,2,7-10H2,1H3,(H,17,18).